The molecule has 3 aliphatic heterocycles. The second kappa shape index (κ2) is 12.4. The predicted octanol–water partition coefficient (Wildman–Crippen LogP) is 10.3. The SMILES string of the molecule is O=C1NC2(Oc3ccc(Br)cc3C3CC(c4ccc(Cl)cc4)=NN32)C(=Cc2ccc(-n3nc(-c4ccccc4)cc3-c3ccccc3)cc2)S1. The molecule has 0 bridgehead atoms. The molecule has 50 heavy (non-hydrogen) atoms. The van der Waals surface area contributed by atoms with Crippen molar-refractivity contribution >= 4 is 56.3 Å². The third kappa shape index (κ3) is 5.42. The lowest BCUT2D eigenvalue weighted by Crippen LogP contribution is -2.61. The van der Waals surface area contributed by atoms with Crippen LogP contribution in [0.4, 0.5) is 4.79 Å². The zero-order valence-corrected chi connectivity index (χ0v) is 29.5. The molecule has 6 aromatic rings. The molecule has 10 heteroatoms. The average molecular weight is 757 g/mol. The van der Waals surface area contributed by atoms with E-state index in [0.29, 0.717) is 22.1 Å². The highest BCUT2D eigenvalue weighted by atomic mass is 79.9. The minimum absolute atomic E-state index is 0.165. The van der Waals surface area contributed by atoms with E-state index in [1.54, 1.807) is 0 Å². The second-order valence-electron chi connectivity index (χ2n) is 12.2. The summed E-state index contributed by atoms with van der Waals surface area (Å²) in [6.07, 6.45) is 2.64. The monoisotopic (exact) mass is 755 g/mol. The van der Waals surface area contributed by atoms with Crippen molar-refractivity contribution in [1.82, 2.24) is 20.1 Å². The minimum atomic E-state index is -1.31. The summed E-state index contributed by atoms with van der Waals surface area (Å²) in [5, 5.41) is 15.6. The molecule has 2 unspecified atom stereocenters. The van der Waals surface area contributed by atoms with Gasteiger partial charge in [-0.1, -0.05) is 112 Å². The first-order chi connectivity index (χ1) is 24.4. The lowest BCUT2D eigenvalue weighted by molar-refractivity contribution is -0.0949. The van der Waals surface area contributed by atoms with Gasteiger partial charge in [-0.2, -0.15) is 10.2 Å². The Balaban J connectivity index is 1.11. The molecular weight excluding hydrogens is 730 g/mol. The maximum absolute atomic E-state index is 13.2. The van der Waals surface area contributed by atoms with E-state index in [4.69, 9.17) is 26.5 Å². The number of thioether (sulfide) groups is 1. The van der Waals surface area contributed by atoms with Gasteiger partial charge in [0.05, 0.1) is 33.7 Å². The molecule has 1 fully saturated rings. The number of fused-ring (bicyclic) bond motifs is 4. The first-order valence-corrected chi connectivity index (χ1v) is 18.1. The van der Waals surface area contributed by atoms with Gasteiger partial charge in [0.25, 0.3) is 5.24 Å². The number of amides is 1. The van der Waals surface area contributed by atoms with E-state index < -0.39 is 5.85 Å². The summed E-state index contributed by atoms with van der Waals surface area (Å²) < 4.78 is 9.68. The molecule has 1 saturated heterocycles. The van der Waals surface area contributed by atoms with Gasteiger partial charge in [0, 0.05) is 32.6 Å². The molecule has 2 atom stereocenters. The maximum Gasteiger partial charge on any atom is 0.314 e. The first-order valence-electron chi connectivity index (χ1n) is 16.1. The lowest BCUT2D eigenvalue weighted by Gasteiger charge is -2.45. The van der Waals surface area contributed by atoms with Crippen LogP contribution in [0.15, 0.2) is 148 Å². The third-order valence-electron chi connectivity index (χ3n) is 9.09. The van der Waals surface area contributed by atoms with Crippen LogP contribution in [0.5, 0.6) is 5.75 Å². The standard InChI is InChI=1S/C40H27BrClN5O2S/c41-29-15-20-37-32(22-29)36-24-34(27-13-16-30(42)17-14-27)45-47(36)40(49-37)38(50-39(48)43-40)21-25-11-18-31(19-12-25)46-35(28-9-5-2-6-10-28)23-33(44-46)26-7-3-1-4-8-26/h1-23,36H,24H2,(H,43,48). The van der Waals surface area contributed by atoms with E-state index in [1.165, 1.54) is 0 Å². The molecule has 7 nitrogen and oxygen atoms in total. The first kappa shape index (κ1) is 30.9. The number of benzene rings is 5. The van der Waals surface area contributed by atoms with Crippen molar-refractivity contribution in [2.24, 2.45) is 5.10 Å². The van der Waals surface area contributed by atoms with Crippen LogP contribution in [0.3, 0.4) is 0 Å². The minimum Gasteiger partial charge on any atom is -0.444 e. The largest absolute Gasteiger partial charge is 0.444 e. The number of carbonyl (C=O) groups is 1. The van der Waals surface area contributed by atoms with Crippen LogP contribution in [-0.2, 0) is 0 Å². The molecule has 3 aliphatic rings. The fraction of sp³-hybridized carbons (Fsp3) is 0.0750. The molecule has 1 amide bonds. The van der Waals surface area contributed by atoms with E-state index in [1.807, 2.05) is 113 Å². The summed E-state index contributed by atoms with van der Waals surface area (Å²) in [5.41, 5.74) is 8.69. The molecule has 0 aliphatic carbocycles. The number of hydrazone groups is 1. The number of nitrogens with zero attached hydrogens (tertiary/aromatic N) is 4. The molecule has 5 aromatic carbocycles. The van der Waals surface area contributed by atoms with Crippen LogP contribution in [0.25, 0.3) is 34.3 Å². The van der Waals surface area contributed by atoms with E-state index in [2.05, 4.69) is 57.6 Å². The Morgan fingerprint density at radius 2 is 1.58 bits per heavy atom. The number of carbonyl (C=O) groups excluding carboxylic acids is 1. The van der Waals surface area contributed by atoms with Crippen molar-refractivity contribution in [3.8, 4) is 34.0 Å². The zero-order chi connectivity index (χ0) is 33.8. The topological polar surface area (TPSA) is 71.8 Å². The number of aromatic nitrogens is 2. The van der Waals surface area contributed by atoms with Gasteiger partial charge in [-0.15, -0.1) is 0 Å². The van der Waals surface area contributed by atoms with Gasteiger partial charge in [-0.25, -0.2) is 9.69 Å². The third-order valence-corrected chi connectivity index (χ3v) is 10.7. The highest BCUT2D eigenvalue weighted by Gasteiger charge is 2.58. The summed E-state index contributed by atoms with van der Waals surface area (Å²) in [6.45, 7) is 0. The Hall–Kier alpha value is -5.09. The summed E-state index contributed by atoms with van der Waals surface area (Å²) >= 11 is 11.0. The van der Waals surface area contributed by atoms with Crippen LogP contribution in [0.2, 0.25) is 5.02 Å². The number of nitrogens with one attached hydrogen (secondary N) is 1. The summed E-state index contributed by atoms with van der Waals surface area (Å²) in [5.74, 6) is -0.611. The molecule has 9 rings (SSSR count). The fourth-order valence-electron chi connectivity index (χ4n) is 6.71. The Labute approximate surface area is 306 Å². The smallest absolute Gasteiger partial charge is 0.314 e. The summed E-state index contributed by atoms with van der Waals surface area (Å²) in [4.78, 5) is 13.9. The Bertz CT molecular complexity index is 2330. The van der Waals surface area contributed by atoms with Crippen molar-refractivity contribution in [2.75, 3.05) is 0 Å². The quantitative estimate of drug-likeness (QED) is 0.190. The molecular formula is C40H27BrClN5O2S. The number of halogens is 2. The molecule has 4 heterocycles. The highest BCUT2D eigenvalue weighted by Crippen LogP contribution is 2.53. The summed E-state index contributed by atoms with van der Waals surface area (Å²) in [7, 11) is 0. The lowest BCUT2D eigenvalue weighted by atomic mass is 9.95. The van der Waals surface area contributed by atoms with Gasteiger partial charge in [0.2, 0.25) is 0 Å². The zero-order valence-electron chi connectivity index (χ0n) is 26.3. The van der Waals surface area contributed by atoms with Gasteiger partial charge < -0.3 is 4.74 Å². The average Bonchev–Trinajstić information content (AvgIpc) is 3.87. The van der Waals surface area contributed by atoms with Crippen molar-refractivity contribution in [2.45, 2.75) is 18.3 Å². The molecule has 244 valence electrons. The molecule has 1 aromatic heterocycles. The van der Waals surface area contributed by atoms with Crippen LogP contribution in [-0.4, -0.2) is 31.6 Å². The molecule has 0 radical (unpaired) electrons. The highest BCUT2D eigenvalue weighted by molar-refractivity contribution is 9.10. The van der Waals surface area contributed by atoms with Crippen LogP contribution in [0.1, 0.15) is 29.2 Å². The fourth-order valence-corrected chi connectivity index (χ4v) is 8.12. The Morgan fingerprint density at radius 3 is 2.32 bits per heavy atom. The number of ether oxygens (including phenoxy) is 1. The van der Waals surface area contributed by atoms with Crippen molar-refractivity contribution in [1.29, 1.82) is 0 Å². The molecule has 0 saturated carbocycles. The summed E-state index contributed by atoms with van der Waals surface area (Å²) in [6, 6.07) is 44.2. The van der Waals surface area contributed by atoms with Gasteiger partial charge in [0.15, 0.2) is 0 Å². The maximum atomic E-state index is 13.2. The van der Waals surface area contributed by atoms with Crippen LogP contribution < -0.4 is 10.1 Å². The normalized spacial score (nSPS) is 20.0. The van der Waals surface area contributed by atoms with E-state index in [9.17, 15) is 4.79 Å². The van der Waals surface area contributed by atoms with Crippen molar-refractivity contribution < 1.29 is 9.53 Å². The Morgan fingerprint density at radius 1 is 0.860 bits per heavy atom. The van der Waals surface area contributed by atoms with Gasteiger partial charge in [-0.3, -0.25) is 10.1 Å². The second-order valence-corrected chi connectivity index (χ2v) is 14.6. The van der Waals surface area contributed by atoms with Crippen molar-refractivity contribution in [3.63, 3.8) is 0 Å². The predicted molar refractivity (Wildman–Crippen MR) is 203 cm³/mol. The van der Waals surface area contributed by atoms with Gasteiger partial charge in [0.1, 0.15) is 5.75 Å². The molecule has 1 spiro atoms. The van der Waals surface area contributed by atoms with Gasteiger partial charge in [-0.05, 0) is 77.5 Å². The van der Waals surface area contributed by atoms with Crippen LogP contribution >= 0.6 is 39.3 Å². The van der Waals surface area contributed by atoms with Crippen molar-refractivity contribution in [3.05, 3.63) is 165 Å². The Kier molecular flexibility index (Phi) is 7.64. The number of hydrogen-bond donors (Lipinski definition) is 1. The number of hydrogen-bond acceptors (Lipinski definition) is 6. The van der Waals surface area contributed by atoms with Crippen LogP contribution in [0, 0.1) is 0 Å². The number of rotatable bonds is 5. The van der Waals surface area contributed by atoms with Gasteiger partial charge >= 0.3 is 5.85 Å². The van der Waals surface area contributed by atoms with E-state index >= 15 is 0 Å². The van der Waals surface area contributed by atoms with E-state index in [0.717, 1.165) is 66.8 Å². The van der Waals surface area contributed by atoms with E-state index in [-0.39, 0.29) is 11.3 Å². The molecule has 1 N–H and O–H groups in total.